The summed E-state index contributed by atoms with van der Waals surface area (Å²) in [7, 11) is 0. The lowest BCUT2D eigenvalue weighted by atomic mass is 9.85. The molecule has 0 bridgehead atoms. The molecular weight excluding hydrogens is 397 g/mol. The van der Waals surface area contributed by atoms with Gasteiger partial charge in [0.05, 0.1) is 12.0 Å². The van der Waals surface area contributed by atoms with Crippen LogP contribution in [-0.2, 0) is 9.53 Å². The zero-order valence-electron chi connectivity index (χ0n) is 15.6. The van der Waals surface area contributed by atoms with Gasteiger partial charge >= 0.3 is 5.97 Å². The van der Waals surface area contributed by atoms with Gasteiger partial charge in [0.1, 0.15) is 16.5 Å². The molecule has 1 fully saturated rings. The summed E-state index contributed by atoms with van der Waals surface area (Å²) in [5.74, 6) is -1.62. The van der Waals surface area contributed by atoms with E-state index in [-0.39, 0.29) is 40.6 Å². The van der Waals surface area contributed by atoms with Gasteiger partial charge in [-0.05, 0) is 31.9 Å². The molecule has 9 heteroatoms. The van der Waals surface area contributed by atoms with Crippen molar-refractivity contribution in [1.82, 2.24) is 9.78 Å². The van der Waals surface area contributed by atoms with Crippen LogP contribution in [-0.4, -0.2) is 28.3 Å². The van der Waals surface area contributed by atoms with Gasteiger partial charge in [0.15, 0.2) is 5.69 Å². The number of halogens is 1. The van der Waals surface area contributed by atoms with E-state index in [2.05, 4.69) is 10.4 Å². The summed E-state index contributed by atoms with van der Waals surface area (Å²) < 4.78 is 20.3. The minimum atomic E-state index is -0.725. The Bertz CT molecular complexity index is 1170. The normalized spacial score (nSPS) is 13.9. The van der Waals surface area contributed by atoms with Gasteiger partial charge in [-0.15, -0.1) is 11.3 Å². The van der Waals surface area contributed by atoms with Gasteiger partial charge in [-0.3, -0.25) is 9.59 Å². The van der Waals surface area contributed by atoms with Crippen molar-refractivity contribution in [3.05, 3.63) is 51.5 Å². The van der Waals surface area contributed by atoms with Gasteiger partial charge in [-0.25, -0.2) is 9.18 Å². The van der Waals surface area contributed by atoms with Gasteiger partial charge in [0.2, 0.25) is 5.91 Å². The molecule has 0 radical (unpaired) electrons. The van der Waals surface area contributed by atoms with E-state index >= 15 is 0 Å². The number of benzene rings is 1. The van der Waals surface area contributed by atoms with Gasteiger partial charge in [0.25, 0.3) is 5.56 Å². The third-order valence-electron chi connectivity index (χ3n) is 4.91. The molecule has 0 unspecified atom stereocenters. The fourth-order valence-electron chi connectivity index (χ4n) is 3.16. The predicted octanol–water partition coefficient (Wildman–Crippen LogP) is 3.50. The molecule has 0 atom stereocenters. The van der Waals surface area contributed by atoms with E-state index in [1.165, 1.54) is 18.2 Å². The number of nitrogens with one attached hydrogen (secondary N) is 1. The molecule has 0 spiro atoms. The van der Waals surface area contributed by atoms with Crippen LogP contribution in [0, 0.1) is 11.7 Å². The standard InChI is InChI=1S/C20H18FN3O4S/c1-2-28-20(27)16-12-10-29-18(22-17(25)11-6-5-7-11)15(12)19(26)24(23-16)14-9-4-3-8-13(14)21/h3-4,8-11H,2,5-7H2,1H3,(H,22,25). The van der Waals surface area contributed by atoms with E-state index in [0.29, 0.717) is 5.00 Å². The van der Waals surface area contributed by atoms with Crippen molar-refractivity contribution in [2.24, 2.45) is 5.92 Å². The highest BCUT2D eigenvalue weighted by molar-refractivity contribution is 7.16. The number of aromatic nitrogens is 2. The first-order valence-electron chi connectivity index (χ1n) is 9.28. The van der Waals surface area contributed by atoms with E-state index < -0.39 is 17.3 Å². The molecule has 150 valence electrons. The predicted molar refractivity (Wildman–Crippen MR) is 107 cm³/mol. The number of ether oxygens (including phenoxy) is 1. The summed E-state index contributed by atoms with van der Waals surface area (Å²) in [4.78, 5) is 38.0. The number of hydrogen-bond acceptors (Lipinski definition) is 6. The smallest absolute Gasteiger partial charge is 0.359 e. The van der Waals surface area contributed by atoms with Crippen LogP contribution < -0.4 is 10.9 Å². The molecule has 1 saturated carbocycles. The Morgan fingerprint density at radius 2 is 2.10 bits per heavy atom. The highest BCUT2D eigenvalue weighted by Crippen LogP contribution is 2.33. The molecule has 3 aromatic rings. The van der Waals surface area contributed by atoms with E-state index in [1.807, 2.05) is 0 Å². The van der Waals surface area contributed by atoms with Crippen molar-refractivity contribution >= 4 is 39.0 Å². The van der Waals surface area contributed by atoms with Crippen LogP contribution in [0.4, 0.5) is 9.39 Å². The van der Waals surface area contributed by atoms with Crippen molar-refractivity contribution in [3.63, 3.8) is 0 Å². The quantitative estimate of drug-likeness (QED) is 0.644. The van der Waals surface area contributed by atoms with Crippen molar-refractivity contribution in [3.8, 4) is 5.69 Å². The van der Waals surface area contributed by atoms with Crippen molar-refractivity contribution in [1.29, 1.82) is 0 Å². The first-order chi connectivity index (χ1) is 14.0. The van der Waals surface area contributed by atoms with Crippen LogP contribution in [0.25, 0.3) is 16.5 Å². The molecule has 2 heterocycles. The second kappa shape index (κ2) is 7.75. The van der Waals surface area contributed by atoms with Gasteiger partial charge < -0.3 is 10.1 Å². The Balaban J connectivity index is 1.91. The Morgan fingerprint density at radius 3 is 2.76 bits per heavy atom. The summed E-state index contributed by atoms with van der Waals surface area (Å²) in [6.07, 6.45) is 2.62. The number of thiophene rings is 1. The molecule has 29 heavy (non-hydrogen) atoms. The number of carbonyl (C=O) groups excluding carboxylic acids is 2. The number of amides is 1. The van der Waals surface area contributed by atoms with Crippen LogP contribution in [0.1, 0.15) is 36.7 Å². The fourth-order valence-corrected chi connectivity index (χ4v) is 4.10. The molecule has 7 nitrogen and oxygen atoms in total. The first kappa shape index (κ1) is 19.3. The Morgan fingerprint density at radius 1 is 1.34 bits per heavy atom. The Hall–Kier alpha value is -3.07. The summed E-state index contributed by atoms with van der Waals surface area (Å²) in [6, 6.07) is 5.64. The molecule has 1 amide bonds. The van der Waals surface area contributed by atoms with Crippen molar-refractivity contribution in [2.45, 2.75) is 26.2 Å². The van der Waals surface area contributed by atoms with Crippen LogP contribution >= 0.6 is 11.3 Å². The second-order valence-corrected chi connectivity index (χ2v) is 7.59. The molecule has 1 aromatic carbocycles. The highest BCUT2D eigenvalue weighted by atomic mass is 32.1. The van der Waals surface area contributed by atoms with Gasteiger partial charge in [0, 0.05) is 16.7 Å². The minimum absolute atomic E-state index is 0.0766. The zero-order chi connectivity index (χ0) is 20.5. The molecule has 1 aliphatic carbocycles. The van der Waals surface area contributed by atoms with Crippen molar-refractivity contribution < 1.29 is 18.7 Å². The summed E-state index contributed by atoms with van der Waals surface area (Å²) in [5.41, 5.74) is -0.819. The third-order valence-corrected chi connectivity index (χ3v) is 5.81. The van der Waals surface area contributed by atoms with E-state index in [4.69, 9.17) is 4.74 Å². The van der Waals surface area contributed by atoms with E-state index in [1.54, 1.807) is 18.4 Å². The number of hydrogen-bond donors (Lipinski definition) is 1. The summed E-state index contributed by atoms with van der Waals surface area (Å²) in [5, 5.41) is 9.17. The minimum Gasteiger partial charge on any atom is -0.461 e. The number of nitrogens with zero attached hydrogens (tertiary/aromatic N) is 2. The third kappa shape index (κ3) is 3.42. The number of rotatable bonds is 5. The molecule has 1 N–H and O–H groups in total. The highest BCUT2D eigenvalue weighted by Gasteiger charge is 2.28. The maximum absolute atomic E-state index is 14.3. The first-order valence-corrected chi connectivity index (χ1v) is 10.2. The van der Waals surface area contributed by atoms with Crippen LogP contribution in [0.3, 0.4) is 0 Å². The van der Waals surface area contributed by atoms with Gasteiger partial charge in [-0.2, -0.15) is 9.78 Å². The average molecular weight is 415 g/mol. The monoisotopic (exact) mass is 415 g/mol. The van der Waals surface area contributed by atoms with Crippen LogP contribution in [0.5, 0.6) is 0 Å². The van der Waals surface area contributed by atoms with E-state index in [9.17, 15) is 18.8 Å². The number of fused-ring (bicyclic) bond motifs is 1. The number of esters is 1. The van der Waals surface area contributed by atoms with E-state index in [0.717, 1.165) is 35.3 Å². The second-order valence-electron chi connectivity index (χ2n) is 6.71. The van der Waals surface area contributed by atoms with Crippen LogP contribution in [0.15, 0.2) is 34.4 Å². The lowest BCUT2D eigenvalue weighted by molar-refractivity contribution is -0.122. The largest absolute Gasteiger partial charge is 0.461 e. The average Bonchev–Trinajstić information content (AvgIpc) is 3.05. The maximum atomic E-state index is 14.3. The number of anilines is 1. The maximum Gasteiger partial charge on any atom is 0.359 e. The topological polar surface area (TPSA) is 90.3 Å². The van der Waals surface area contributed by atoms with Crippen molar-refractivity contribution in [2.75, 3.05) is 11.9 Å². The summed E-state index contributed by atoms with van der Waals surface area (Å²) >= 11 is 1.13. The molecule has 0 aliphatic heterocycles. The lowest BCUT2D eigenvalue weighted by Gasteiger charge is -2.23. The zero-order valence-corrected chi connectivity index (χ0v) is 16.4. The Labute approximate surface area is 169 Å². The fraction of sp³-hybridized carbons (Fsp3) is 0.300. The van der Waals surface area contributed by atoms with Gasteiger partial charge in [-0.1, -0.05) is 18.6 Å². The summed E-state index contributed by atoms with van der Waals surface area (Å²) in [6.45, 7) is 1.77. The lowest BCUT2D eigenvalue weighted by Crippen LogP contribution is -2.29. The molecule has 2 aromatic heterocycles. The van der Waals surface area contributed by atoms with Crippen LogP contribution in [0.2, 0.25) is 0 Å². The number of para-hydroxylation sites is 1. The molecular formula is C20H18FN3O4S. The SMILES string of the molecule is CCOC(=O)c1nn(-c2ccccc2F)c(=O)c2c(NC(=O)C3CCC3)scc12. The Kier molecular flexibility index (Phi) is 5.14. The molecule has 1 aliphatic rings. The number of carbonyl (C=O) groups is 2. The molecule has 4 rings (SSSR count). The molecule has 0 saturated heterocycles.